The minimum Gasteiger partial charge on any atom is -0.482 e. The van der Waals surface area contributed by atoms with Gasteiger partial charge in [-0.3, -0.25) is 0 Å². The summed E-state index contributed by atoms with van der Waals surface area (Å²) in [6, 6.07) is 12.2. The molecule has 0 aliphatic heterocycles. The van der Waals surface area contributed by atoms with E-state index in [0.717, 1.165) is 22.1 Å². The molecular weight excluding hydrogens is 344 g/mol. The van der Waals surface area contributed by atoms with Gasteiger partial charge in [0.15, 0.2) is 6.61 Å². The Hall–Kier alpha value is -3.08. The smallest absolute Gasteiger partial charge is 0.349 e. The van der Waals surface area contributed by atoms with Crippen molar-refractivity contribution in [1.29, 1.82) is 0 Å². The lowest BCUT2D eigenvalue weighted by Crippen LogP contribution is -2.18. The Morgan fingerprint density at radius 2 is 1.89 bits per heavy atom. The molecule has 140 valence electrons. The highest BCUT2D eigenvalue weighted by atomic mass is 16.6. The Morgan fingerprint density at radius 1 is 1.11 bits per heavy atom. The molecule has 27 heavy (non-hydrogen) atoms. The van der Waals surface area contributed by atoms with Crippen LogP contribution in [0.4, 0.5) is 0 Å². The molecule has 5 heteroatoms. The lowest BCUT2D eigenvalue weighted by molar-refractivity contribution is -0.136. The van der Waals surface area contributed by atoms with Crippen LogP contribution in [-0.2, 0) is 4.79 Å². The summed E-state index contributed by atoms with van der Waals surface area (Å²) in [6.45, 7) is 7.72. The first kappa shape index (κ1) is 18.7. The molecule has 0 bridgehead atoms. The summed E-state index contributed by atoms with van der Waals surface area (Å²) in [4.78, 5) is 23.9. The molecule has 0 aliphatic rings. The number of benzene rings is 2. The van der Waals surface area contributed by atoms with Gasteiger partial charge in [0, 0.05) is 17.5 Å². The molecule has 0 N–H and O–H groups in total. The normalized spacial score (nSPS) is 11.0. The highest BCUT2D eigenvalue weighted by Crippen LogP contribution is 2.27. The van der Waals surface area contributed by atoms with Gasteiger partial charge in [-0.05, 0) is 54.7 Å². The number of fused-ring (bicyclic) bond motifs is 1. The van der Waals surface area contributed by atoms with Gasteiger partial charge in [0.05, 0.1) is 0 Å². The molecule has 3 rings (SSSR count). The average Bonchev–Trinajstić information content (AvgIpc) is 2.62. The Labute approximate surface area is 157 Å². The van der Waals surface area contributed by atoms with E-state index < -0.39 is 11.6 Å². The minimum absolute atomic E-state index is 0.177. The van der Waals surface area contributed by atoms with Crippen LogP contribution in [0.25, 0.3) is 11.0 Å². The fraction of sp³-hybridized carbons (Fsp3) is 0.273. The van der Waals surface area contributed by atoms with Crippen LogP contribution in [0, 0.1) is 13.8 Å². The Morgan fingerprint density at radius 3 is 2.63 bits per heavy atom. The van der Waals surface area contributed by atoms with Crippen molar-refractivity contribution >= 4 is 16.9 Å². The van der Waals surface area contributed by atoms with Gasteiger partial charge in [0.25, 0.3) is 0 Å². The summed E-state index contributed by atoms with van der Waals surface area (Å²) in [6.07, 6.45) is 0. The van der Waals surface area contributed by atoms with Gasteiger partial charge in [-0.2, -0.15) is 0 Å². The van der Waals surface area contributed by atoms with Gasteiger partial charge in [-0.1, -0.05) is 26.0 Å². The van der Waals surface area contributed by atoms with E-state index in [2.05, 4.69) is 0 Å². The molecular formula is C22H22O5. The standard InChI is InChI=1S/C22H22O5/c1-13(2)18-11-21(23)27-20-10-16(8-9-17(18)20)26-22(24)12-25-19-7-5-6-14(3)15(19)4/h5-11,13H,12H2,1-4H3. The second-order valence-corrected chi connectivity index (χ2v) is 6.79. The number of esters is 1. The van der Waals surface area contributed by atoms with E-state index in [0.29, 0.717) is 17.1 Å². The zero-order valence-corrected chi connectivity index (χ0v) is 15.9. The van der Waals surface area contributed by atoms with E-state index in [4.69, 9.17) is 13.9 Å². The van der Waals surface area contributed by atoms with Crippen LogP contribution >= 0.6 is 0 Å². The van der Waals surface area contributed by atoms with E-state index >= 15 is 0 Å². The number of rotatable bonds is 5. The zero-order valence-electron chi connectivity index (χ0n) is 15.9. The highest BCUT2D eigenvalue weighted by molar-refractivity contribution is 5.83. The molecule has 0 aliphatic carbocycles. The molecule has 0 fully saturated rings. The summed E-state index contributed by atoms with van der Waals surface area (Å²) in [5.41, 5.74) is 2.95. The fourth-order valence-corrected chi connectivity index (χ4v) is 2.89. The topological polar surface area (TPSA) is 65.7 Å². The van der Waals surface area contributed by atoms with Crippen molar-refractivity contribution in [2.75, 3.05) is 6.61 Å². The Kier molecular flexibility index (Phi) is 5.31. The van der Waals surface area contributed by atoms with Crippen molar-refractivity contribution in [3.8, 4) is 11.5 Å². The van der Waals surface area contributed by atoms with Gasteiger partial charge in [-0.25, -0.2) is 9.59 Å². The molecule has 0 atom stereocenters. The first-order valence-corrected chi connectivity index (χ1v) is 8.82. The number of hydrogen-bond acceptors (Lipinski definition) is 5. The molecule has 0 amide bonds. The quantitative estimate of drug-likeness (QED) is 0.377. The number of hydrogen-bond donors (Lipinski definition) is 0. The SMILES string of the molecule is Cc1cccc(OCC(=O)Oc2ccc3c(C(C)C)cc(=O)oc3c2)c1C. The van der Waals surface area contributed by atoms with Gasteiger partial charge < -0.3 is 13.9 Å². The van der Waals surface area contributed by atoms with Gasteiger partial charge in [-0.15, -0.1) is 0 Å². The molecule has 0 unspecified atom stereocenters. The first-order valence-electron chi connectivity index (χ1n) is 8.82. The molecule has 1 heterocycles. The maximum Gasteiger partial charge on any atom is 0.349 e. The van der Waals surface area contributed by atoms with Crippen LogP contribution in [-0.4, -0.2) is 12.6 Å². The average molecular weight is 366 g/mol. The van der Waals surface area contributed by atoms with Crippen molar-refractivity contribution in [2.24, 2.45) is 0 Å². The van der Waals surface area contributed by atoms with Gasteiger partial charge >= 0.3 is 11.6 Å². The summed E-state index contributed by atoms with van der Waals surface area (Å²) >= 11 is 0. The summed E-state index contributed by atoms with van der Waals surface area (Å²) in [5, 5.41) is 0.830. The fourth-order valence-electron chi connectivity index (χ4n) is 2.89. The second kappa shape index (κ2) is 7.66. The number of carbonyl (C=O) groups excluding carboxylic acids is 1. The van der Waals surface area contributed by atoms with E-state index in [1.54, 1.807) is 18.2 Å². The third-order valence-corrected chi connectivity index (χ3v) is 4.50. The molecule has 5 nitrogen and oxygen atoms in total. The van der Waals surface area contributed by atoms with E-state index in [9.17, 15) is 9.59 Å². The maximum atomic E-state index is 12.1. The van der Waals surface area contributed by atoms with E-state index in [1.165, 1.54) is 6.07 Å². The third kappa shape index (κ3) is 4.19. The van der Waals surface area contributed by atoms with Crippen molar-refractivity contribution < 1.29 is 18.7 Å². The van der Waals surface area contributed by atoms with Crippen molar-refractivity contribution in [1.82, 2.24) is 0 Å². The van der Waals surface area contributed by atoms with Crippen LogP contribution in [0.15, 0.2) is 51.7 Å². The second-order valence-electron chi connectivity index (χ2n) is 6.79. The molecule has 3 aromatic rings. The summed E-state index contributed by atoms with van der Waals surface area (Å²) in [5.74, 6) is 0.604. The van der Waals surface area contributed by atoms with Crippen LogP contribution in [0.1, 0.15) is 36.5 Å². The number of aryl methyl sites for hydroxylation is 1. The van der Waals surface area contributed by atoms with Gasteiger partial charge in [0.2, 0.25) is 0 Å². The van der Waals surface area contributed by atoms with Gasteiger partial charge in [0.1, 0.15) is 17.1 Å². The monoisotopic (exact) mass is 366 g/mol. The largest absolute Gasteiger partial charge is 0.482 e. The zero-order chi connectivity index (χ0) is 19.6. The Bertz CT molecular complexity index is 1050. The third-order valence-electron chi connectivity index (χ3n) is 4.50. The molecule has 2 aromatic carbocycles. The molecule has 0 spiro atoms. The summed E-state index contributed by atoms with van der Waals surface area (Å²) in [7, 11) is 0. The van der Waals surface area contributed by atoms with Crippen LogP contribution < -0.4 is 15.1 Å². The van der Waals surface area contributed by atoms with Crippen molar-refractivity contribution in [2.45, 2.75) is 33.6 Å². The maximum absolute atomic E-state index is 12.1. The number of carbonyl (C=O) groups is 1. The van der Waals surface area contributed by atoms with Crippen molar-refractivity contribution in [3.63, 3.8) is 0 Å². The van der Waals surface area contributed by atoms with Crippen LogP contribution in [0.3, 0.4) is 0 Å². The molecule has 1 aromatic heterocycles. The number of ether oxygens (including phenoxy) is 2. The predicted molar refractivity (Wildman–Crippen MR) is 104 cm³/mol. The summed E-state index contributed by atoms with van der Waals surface area (Å²) < 4.78 is 16.1. The predicted octanol–water partition coefficient (Wildman–Crippen LogP) is 4.52. The van der Waals surface area contributed by atoms with E-state index in [1.807, 2.05) is 45.9 Å². The molecule has 0 saturated carbocycles. The lowest BCUT2D eigenvalue weighted by Gasteiger charge is -2.11. The van der Waals surface area contributed by atoms with Crippen LogP contribution in [0.5, 0.6) is 11.5 Å². The van der Waals surface area contributed by atoms with Crippen molar-refractivity contribution in [3.05, 3.63) is 69.6 Å². The molecule has 0 radical (unpaired) electrons. The lowest BCUT2D eigenvalue weighted by atomic mass is 10.00. The van der Waals surface area contributed by atoms with E-state index in [-0.39, 0.29) is 12.5 Å². The minimum atomic E-state index is -0.530. The van der Waals surface area contributed by atoms with Crippen LogP contribution in [0.2, 0.25) is 0 Å². The highest BCUT2D eigenvalue weighted by Gasteiger charge is 2.12. The Balaban J connectivity index is 1.75. The molecule has 0 saturated heterocycles. The first-order chi connectivity index (χ1) is 12.8.